The first-order valence-electron chi connectivity index (χ1n) is 6.00. The van der Waals surface area contributed by atoms with Crippen LogP contribution in [0.25, 0.3) is 0 Å². The Bertz CT molecular complexity index is 572. The monoisotopic (exact) mass is 281 g/mol. The van der Waals surface area contributed by atoms with Gasteiger partial charge in [0.1, 0.15) is 0 Å². The molecule has 0 bridgehead atoms. The van der Waals surface area contributed by atoms with Crippen LogP contribution in [-0.2, 0) is 6.54 Å². The van der Waals surface area contributed by atoms with Crippen molar-refractivity contribution in [3.05, 3.63) is 70.2 Å². The second-order valence-corrected chi connectivity index (χ2v) is 4.74. The van der Waals surface area contributed by atoms with Gasteiger partial charge in [-0.25, -0.2) is 8.78 Å². The minimum atomic E-state index is -0.829. The largest absolute Gasteiger partial charge is 0.306 e. The Balaban J connectivity index is 2.07. The van der Waals surface area contributed by atoms with Crippen LogP contribution in [0.4, 0.5) is 8.78 Å². The number of nitrogens with one attached hydrogen (secondary N) is 1. The summed E-state index contributed by atoms with van der Waals surface area (Å²) in [4.78, 5) is 0. The van der Waals surface area contributed by atoms with Crippen LogP contribution in [0.2, 0.25) is 5.02 Å². The topological polar surface area (TPSA) is 12.0 Å². The highest BCUT2D eigenvalue weighted by Gasteiger charge is 2.11. The quantitative estimate of drug-likeness (QED) is 0.872. The molecular weight excluding hydrogens is 268 g/mol. The summed E-state index contributed by atoms with van der Waals surface area (Å²) >= 11 is 6.08. The van der Waals surface area contributed by atoms with Crippen molar-refractivity contribution in [1.82, 2.24) is 5.32 Å². The van der Waals surface area contributed by atoms with Gasteiger partial charge in [0.15, 0.2) is 11.6 Å². The number of benzene rings is 2. The van der Waals surface area contributed by atoms with Crippen molar-refractivity contribution in [3.8, 4) is 0 Å². The normalized spacial score (nSPS) is 12.4. The van der Waals surface area contributed by atoms with E-state index in [1.807, 2.05) is 25.1 Å². The average Bonchev–Trinajstić information content (AvgIpc) is 2.40. The van der Waals surface area contributed by atoms with Crippen molar-refractivity contribution in [2.75, 3.05) is 0 Å². The van der Waals surface area contributed by atoms with E-state index in [1.54, 1.807) is 12.1 Å². The zero-order chi connectivity index (χ0) is 13.8. The SMILES string of the molecule is CC(NCc1cccc(F)c1F)c1ccccc1Cl. The third kappa shape index (κ3) is 3.31. The summed E-state index contributed by atoms with van der Waals surface area (Å²) < 4.78 is 26.6. The van der Waals surface area contributed by atoms with E-state index in [4.69, 9.17) is 11.6 Å². The summed E-state index contributed by atoms with van der Waals surface area (Å²) in [6, 6.07) is 11.6. The van der Waals surface area contributed by atoms with Crippen molar-refractivity contribution < 1.29 is 8.78 Å². The highest BCUT2D eigenvalue weighted by molar-refractivity contribution is 6.31. The average molecular weight is 282 g/mol. The molecule has 0 amide bonds. The molecule has 1 atom stereocenters. The lowest BCUT2D eigenvalue weighted by atomic mass is 10.1. The van der Waals surface area contributed by atoms with Crippen LogP contribution in [-0.4, -0.2) is 0 Å². The van der Waals surface area contributed by atoms with E-state index < -0.39 is 11.6 Å². The van der Waals surface area contributed by atoms with Crippen molar-refractivity contribution >= 4 is 11.6 Å². The van der Waals surface area contributed by atoms with E-state index in [-0.39, 0.29) is 12.6 Å². The summed E-state index contributed by atoms with van der Waals surface area (Å²) in [5.74, 6) is -1.63. The van der Waals surface area contributed by atoms with Gasteiger partial charge in [-0.1, -0.05) is 41.9 Å². The molecule has 100 valence electrons. The van der Waals surface area contributed by atoms with Gasteiger partial charge in [-0.15, -0.1) is 0 Å². The molecular formula is C15H14ClF2N. The molecule has 0 aliphatic rings. The maximum absolute atomic E-state index is 13.5. The third-order valence-electron chi connectivity index (χ3n) is 3.00. The lowest BCUT2D eigenvalue weighted by molar-refractivity contribution is 0.484. The summed E-state index contributed by atoms with van der Waals surface area (Å²) in [6.07, 6.45) is 0. The molecule has 4 heteroatoms. The molecule has 1 N–H and O–H groups in total. The number of rotatable bonds is 4. The predicted octanol–water partition coefficient (Wildman–Crippen LogP) is 4.47. The fourth-order valence-electron chi connectivity index (χ4n) is 1.88. The van der Waals surface area contributed by atoms with E-state index in [1.165, 1.54) is 6.07 Å². The Labute approximate surface area is 116 Å². The standard InChI is InChI=1S/C15H14ClF2N/c1-10(12-6-2-3-7-13(12)16)19-9-11-5-4-8-14(17)15(11)18/h2-8,10,19H,9H2,1H3. The molecule has 2 aromatic carbocycles. The van der Waals surface area contributed by atoms with E-state index in [2.05, 4.69) is 5.32 Å². The second-order valence-electron chi connectivity index (χ2n) is 4.34. The molecule has 19 heavy (non-hydrogen) atoms. The Hall–Kier alpha value is -1.45. The first-order chi connectivity index (χ1) is 9.09. The van der Waals surface area contributed by atoms with Gasteiger partial charge in [0.25, 0.3) is 0 Å². The lowest BCUT2D eigenvalue weighted by Crippen LogP contribution is -2.19. The Morgan fingerprint density at radius 1 is 1.11 bits per heavy atom. The zero-order valence-corrected chi connectivity index (χ0v) is 11.2. The summed E-state index contributed by atoms with van der Waals surface area (Å²) in [5, 5.41) is 3.79. The van der Waals surface area contributed by atoms with Gasteiger partial charge in [0, 0.05) is 23.2 Å². The van der Waals surface area contributed by atoms with Gasteiger partial charge >= 0.3 is 0 Å². The van der Waals surface area contributed by atoms with Crippen molar-refractivity contribution in [2.45, 2.75) is 19.5 Å². The molecule has 0 saturated heterocycles. The molecule has 0 radical (unpaired) electrons. The van der Waals surface area contributed by atoms with Gasteiger partial charge in [-0.2, -0.15) is 0 Å². The first kappa shape index (κ1) is 14.0. The minimum Gasteiger partial charge on any atom is -0.306 e. The zero-order valence-electron chi connectivity index (χ0n) is 10.5. The van der Waals surface area contributed by atoms with Gasteiger partial charge in [0.2, 0.25) is 0 Å². The molecule has 2 rings (SSSR count). The van der Waals surface area contributed by atoms with Crippen molar-refractivity contribution in [2.24, 2.45) is 0 Å². The fourth-order valence-corrected chi connectivity index (χ4v) is 2.18. The summed E-state index contributed by atoms with van der Waals surface area (Å²) in [7, 11) is 0. The van der Waals surface area contributed by atoms with Crippen LogP contribution in [0.3, 0.4) is 0 Å². The summed E-state index contributed by atoms with van der Waals surface area (Å²) in [6.45, 7) is 2.17. The molecule has 0 heterocycles. The maximum atomic E-state index is 13.5. The molecule has 0 aromatic heterocycles. The Kier molecular flexibility index (Phi) is 4.51. The number of hydrogen-bond donors (Lipinski definition) is 1. The lowest BCUT2D eigenvalue weighted by Gasteiger charge is -2.16. The maximum Gasteiger partial charge on any atom is 0.163 e. The van der Waals surface area contributed by atoms with Crippen LogP contribution in [0.1, 0.15) is 24.1 Å². The molecule has 0 fully saturated rings. The second kappa shape index (κ2) is 6.13. The first-order valence-corrected chi connectivity index (χ1v) is 6.38. The van der Waals surface area contributed by atoms with E-state index >= 15 is 0 Å². The minimum absolute atomic E-state index is 0.0450. The van der Waals surface area contributed by atoms with Gasteiger partial charge in [-0.3, -0.25) is 0 Å². The number of hydrogen-bond acceptors (Lipinski definition) is 1. The van der Waals surface area contributed by atoms with Crippen LogP contribution >= 0.6 is 11.6 Å². The van der Waals surface area contributed by atoms with Crippen LogP contribution in [0.15, 0.2) is 42.5 Å². The van der Waals surface area contributed by atoms with Crippen molar-refractivity contribution in [1.29, 1.82) is 0 Å². The highest BCUT2D eigenvalue weighted by atomic mass is 35.5. The van der Waals surface area contributed by atoms with E-state index in [0.29, 0.717) is 10.6 Å². The van der Waals surface area contributed by atoms with Gasteiger partial charge < -0.3 is 5.32 Å². The van der Waals surface area contributed by atoms with Gasteiger partial charge in [0.05, 0.1) is 0 Å². The summed E-state index contributed by atoms with van der Waals surface area (Å²) in [5.41, 5.74) is 1.24. The van der Waals surface area contributed by atoms with Gasteiger partial charge in [-0.05, 0) is 24.6 Å². The van der Waals surface area contributed by atoms with Crippen molar-refractivity contribution in [3.63, 3.8) is 0 Å². The van der Waals surface area contributed by atoms with Crippen LogP contribution in [0, 0.1) is 11.6 Å². The molecule has 0 spiro atoms. The molecule has 1 unspecified atom stereocenters. The van der Waals surface area contributed by atoms with Crippen LogP contribution in [0.5, 0.6) is 0 Å². The highest BCUT2D eigenvalue weighted by Crippen LogP contribution is 2.22. The molecule has 0 aliphatic carbocycles. The van der Waals surface area contributed by atoms with Crippen LogP contribution < -0.4 is 5.32 Å². The molecule has 2 aromatic rings. The third-order valence-corrected chi connectivity index (χ3v) is 3.35. The number of halogens is 3. The Morgan fingerprint density at radius 3 is 2.58 bits per heavy atom. The fraction of sp³-hybridized carbons (Fsp3) is 0.200. The molecule has 1 nitrogen and oxygen atoms in total. The predicted molar refractivity (Wildman–Crippen MR) is 73.1 cm³/mol. The van der Waals surface area contributed by atoms with E-state index in [9.17, 15) is 8.78 Å². The Morgan fingerprint density at radius 2 is 1.84 bits per heavy atom. The molecule has 0 saturated carbocycles. The smallest absolute Gasteiger partial charge is 0.163 e. The molecule has 0 aliphatic heterocycles. The van der Waals surface area contributed by atoms with E-state index in [0.717, 1.165) is 11.6 Å².